The first-order chi connectivity index (χ1) is 13.0. The number of fused-ring (bicyclic) bond motifs is 1. The number of hydrogen-bond acceptors (Lipinski definition) is 5. The molecule has 8 heteroatoms. The number of amides is 1. The fourth-order valence-electron chi connectivity index (χ4n) is 2.80. The van der Waals surface area contributed by atoms with Crippen LogP contribution in [0.1, 0.15) is 17.2 Å². The number of nitrogens with zero attached hydrogens (tertiary/aromatic N) is 1. The van der Waals surface area contributed by atoms with Crippen molar-refractivity contribution < 1.29 is 9.90 Å². The summed E-state index contributed by atoms with van der Waals surface area (Å²) in [6.45, 7) is -0.279. The number of aliphatic hydroxyl groups excluding tert-OH is 1. The van der Waals surface area contributed by atoms with Gasteiger partial charge in [-0.05, 0) is 22.4 Å². The molecule has 27 heavy (non-hydrogen) atoms. The Morgan fingerprint density at radius 2 is 1.93 bits per heavy atom. The molecule has 0 saturated carbocycles. The average molecular weight is 368 g/mol. The highest BCUT2D eigenvalue weighted by atomic mass is 16.3. The largest absolute Gasteiger partial charge is 0.395 e. The van der Waals surface area contributed by atoms with Crippen molar-refractivity contribution in [3.63, 3.8) is 0 Å². The van der Waals surface area contributed by atoms with E-state index in [4.69, 9.17) is 10.8 Å². The first-order valence-electron chi connectivity index (χ1n) is 8.45. The second-order valence-electron chi connectivity index (χ2n) is 6.13. The molecule has 8 nitrogen and oxygen atoms in total. The second kappa shape index (κ2) is 7.98. The zero-order valence-electron chi connectivity index (χ0n) is 14.5. The third-order valence-electron chi connectivity index (χ3n) is 4.29. The van der Waals surface area contributed by atoms with E-state index in [0.29, 0.717) is 5.56 Å². The number of benzene rings is 2. The Kier molecular flexibility index (Phi) is 5.49. The predicted octanol–water partition coefficient (Wildman–Crippen LogP) is -0.00170. The lowest BCUT2D eigenvalue weighted by Gasteiger charge is -2.14. The van der Waals surface area contributed by atoms with E-state index in [2.05, 4.69) is 10.3 Å². The lowest BCUT2D eigenvalue weighted by Crippen LogP contribution is -2.37. The normalized spacial score (nSPS) is 12.1. The number of nitrogens with two attached hydrogens (primary N) is 1. The number of nitrogens with one attached hydrogen (secondary N) is 2. The number of carbonyl (C=O) groups excluding carboxylic acids is 1. The minimum atomic E-state index is -0.892. The summed E-state index contributed by atoms with van der Waals surface area (Å²) in [6, 6.07) is 12.4. The van der Waals surface area contributed by atoms with Crippen LogP contribution in [-0.2, 0) is 17.9 Å². The zero-order valence-corrected chi connectivity index (χ0v) is 14.5. The molecule has 0 aliphatic rings. The number of H-pyrrole nitrogens is 1. The van der Waals surface area contributed by atoms with E-state index in [-0.39, 0.29) is 25.3 Å². The van der Waals surface area contributed by atoms with Gasteiger partial charge in [-0.3, -0.25) is 19.1 Å². The van der Waals surface area contributed by atoms with Gasteiger partial charge in [0.2, 0.25) is 5.91 Å². The van der Waals surface area contributed by atoms with E-state index in [1.54, 1.807) is 6.07 Å². The lowest BCUT2D eigenvalue weighted by molar-refractivity contribution is -0.122. The molecular weight excluding hydrogens is 348 g/mol. The molecule has 0 bridgehead atoms. The van der Waals surface area contributed by atoms with Gasteiger partial charge in [-0.25, -0.2) is 4.79 Å². The highest BCUT2D eigenvalue weighted by molar-refractivity contribution is 5.87. The molecule has 1 amide bonds. The van der Waals surface area contributed by atoms with Crippen molar-refractivity contribution in [1.29, 1.82) is 0 Å². The van der Waals surface area contributed by atoms with Crippen LogP contribution in [-0.4, -0.2) is 27.2 Å². The topological polar surface area (TPSA) is 130 Å². The predicted molar refractivity (Wildman–Crippen MR) is 101 cm³/mol. The van der Waals surface area contributed by atoms with Crippen LogP contribution in [0.2, 0.25) is 0 Å². The molecule has 3 aromatic rings. The summed E-state index contributed by atoms with van der Waals surface area (Å²) in [4.78, 5) is 38.0. The summed E-state index contributed by atoms with van der Waals surface area (Å²) in [5.41, 5.74) is 5.70. The highest BCUT2D eigenvalue weighted by Crippen LogP contribution is 2.19. The first kappa shape index (κ1) is 18.6. The standard InChI is InChI=1S/C19H20N4O4/c20-16(14-6-5-12-3-1-2-4-13(12)9-14)18(26)21-10-15-11-23(7-8-24)19(27)22-17(15)25/h1-6,9,11,16,24H,7-8,10,20H2,(H,21,26)(H,22,25,27). The Labute approximate surface area is 154 Å². The lowest BCUT2D eigenvalue weighted by atomic mass is 10.0. The summed E-state index contributed by atoms with van der Waals surface area (Å²) in [5.74, 6) is -0.440. The van der Waals surface area contributed by atoms with E-state index in [1.807, 2.05) is 36.4 Å². The smallest absolute Gasteiger partial charge is 0.328 e. The first-order valence-corrected chi connectivity index (χ1v) is 8.45. The molecule has 5 N–H and O–H groups in total. The van der Waals surface area contributed by atoms with Crippen molar-refractivity contribution >= 4 is 16.7 Å². The van der Waals surface area contributed by atoms with Crippen LogP contribution in [0.15, 0.2) is 58.3 Å². The van der Waals surface area contributed by atoms with Gasteiger partial charge in [-0.1, -0.05) is 36.4 Å². The van der Waals surface area contributed by atoms with Crippen molar-refractivity contribution in [3.8, 4) is 0 Å². The van der Waals surface area contributed by atoms with Gasteiger partial charge in [0, 0.05) is 12.7 Å². The molecule has 0 aliphatic heterocycles. The minimum Gasteiger partial charge on any atom is -0.395 e. The maximum Gasteiger partial charge on any atom is 0.328 e. The summed E-state index contributed by atoms with van der Waals surface area (Å²) >= 11 is 0. The fraction of sp³-hybridized carbons (Fsp3) is 0.211. The monoisotopic (exact) mass is 368 g/mol. The maximum absolute atomic E-state index is 12.4. The van der Waals surface area contributed by atoms with E-state index < -0.39 is 23.2 Å². The summed E-state index contributed by atoms with van der Waals surface area (Å²) in [5, 5.41) is 13.6. The van der Waals surface area contributed by atoms with Crippen LogP contribution in [0, 0.1) is 0 Å². The van der Waals surface area contributed by atoms with Crippen LogP contribution < -0.4 is 22.3 Å². The molecule has 1 unspecified atom stereocenters. The van der Waals surface area contributed by atoms with Crippen molar-refractivity contribution in [2.45, 2.75) is 19.1 Å². The van der Waals surface area contributed by atoms with Crippen molar-refractivity contribution in [3.05, 3.63) is 80.6 Å². The van der Waals surface area contributed by atoms with Crippen LogP contribution in [0.3, 0.4) is 0 Å². The highest BCUT2D eigenvalue weighted by Gasteiger charge is 2.16. The molecule has 0 radical (unpaired) electrons. The summed E-state index contributed by atoms with van der Waals surface area (Å²) < 4.78 is 1.17. The van der Waals surface area contributed by atoms with Gasteiger partial charge in [0.25, 0.3) is 5.56 Å². The number of aromatic nitrogens is 2. The number of hydrogen-bond donors (Lipinski definition) is 4. The summed E-state index contributed by atoms with van der Waals surface area (Å²) in [6.07, 6.45) is 1.32. The molecule has 1 heterocycles. The molecule has 0 saturated heterocycles. The van der Waals surface area contributed by atoms with Gasteiger partial charge in [0.1, 0.15) is 6.04 Å². The molecule has 0 aliphatic carbocycles. The maximum atomic E-state index is 12.4. The molecule has 3 rings (SSSR count). The molecule has 1 aromatic heterocycles. The molecule has 0 fully saturated rings. The van der Waals surface area contributed by atoms with Gasteiger partial charge >= 0.3 is 5.69 Å². The number of aliphatic hydroxyl groups is 1. The van der Waals surface area contributed by atoms with Crippen LogP contribution in [0.25, 0.3) is 10.8 Å². The van der Waals surface area contributed by atoms with Crippen molar-refractivity contribution in [1.82, 2.24) is 14.9 Å². The van der Waals surface area contributed by atoms with Crippen LogP contribution in [0.4, 0.5) is 0 Å². The Balaban J connectivity index is 1.74. The minimum absolute atomic E-state index is 0.0488. The van der Waals surface area contributed by atoms with E-state index in [1.165, 1.54) is 10.8 Å². The zero-order chi connectivity index (χ0) is 19.4. The number of aromatic amines is 1. The average Bonchev–Trinajstić information content (AvgIpc) is 2.68. The third-order valence-corrected chi connectivity index (χ3v) is 4.29. The Morgan fingerprint density at radius 3 is 2.67 bits per heavy atom. The molecule has 0 spiro atoms. The second-order valence-corrected chi connectivity index (χ2v) is 6.13. The van der Waals surface area contributed by atoms with E-state index >= 15 is 0 Å². The van der Waals surface area contributed by atoms with Crippen molar-refractivity contribution in [2.24, 2.45) is 5.73 Å². The van der Waals surface area contributed by atoms with Gasteiger partial charge in [0.05, 0.1) is 18.7 Å². The Morgan fingerprint density at radius 1 is 1.19 bits per heavy atom. The molecule has 140 valence electrons. The van der Waals surface area contributed by atoms with E-state index in [0.717, 1.165) is 10.8 Å². The quantitative estimate of drug-likeness (QED) is 0.486. The molecular formula is C19H20N4O4. The van der Waals surface area contributed by atoms with Crippen molar-refractivity contribution in [2.75, 3.05) is 6.61 Å². The Bertz CT molecular complexity index is 1090. The van der Waals surface area contributed by atoms with Crippen LogP contribution >= 0.6 is 0 Å². The van der Waals surface area contributed by atoms with Gasteiger partial charge in [-0.2, -0.15) is 0 Å². The van der Waals surface area contributed by atoms with Crippen LogP contribution in [0.5, 0.6) is 0 Å². The molecule has 1 atom stereocenters. The summed E-state index contributed by atoms with van der Waals surface area (Å²) in [7, 11) is 0. The van der Waals surface area contributed by atoms with Gasteiger partial charge < -0.3 is 16.2 Å². The van der Waals surface area contributed by atoms with Gasteiger partial charge in [-0.15, -0.1) is 0 Å². The Hall–Kier alpha value is -3.23. The number of rotatable bonds is 6. The third kappa shape index (κ3) is 4.13. The SMILES string of the molecule is NC(C(=O)NCc1cn(CCO)c(=O)[nH]c1=O)c1ccc2ccccc2c1. The molecule has 2 aromatic carbocycles. The number of carbonyl (C=O) groups is 1. The van der Waals surface area contributed by atoms with Gasteiger partial charge in [0.15, 0.2) is 0 Å². The fourth-order valence-corrected chi connectivity index (χ4v) is 2.80. The van der Waals surface area contributed by atoms with E-state index in [9.17, 15) is 14.4 Å².